The fourth-order valence-corrected chi connectivity index (χ4v) is 6.51. The summed E-state index contributed by atoms with van der Waals surface area (Å²) in [6.45, 7) is 1.26. The van der Waals surface area contributed by atoms with E-state index in [1.807, 2.05) is 6.92 Å². The van der Waals surface area contributed by atoms with Gasteiger partial charge in [0.25, 0.3) is 10.0 Å². The van der Waals surface area contributed by atoms with Gasteiger partial charge in [0.15, 0.2) is 0 Å². The minimum absolute atomic E-state index is 0.00699. The number of hydrogen-bond donors (Lipinski definition) is 1. The Morgan fingerprint density at radius 1 is 1.00 bits per heavy atom. The number of hydrogen-bond acceptors (Lipinski definition) is 5. The summed E-state index contributed by atoms with van der Waals surface area (Å²) in [5, 5.41) is 3.08. The molecule has 1 aliphatic rings. The number of amides is 2. The molecule has 218 valence electrons. The van der Waals surface area contributed by atoms with Crippen LogP contribution >= 0.6 is 0 Å². The number of carbonyl (C=O) groups is 2. The van der Waals surface area contributed by atoms with Crippen molar-refractivity contribution in [2.75, 3.05) is 18.0 Å². The highest BCUT2D eigenvalue weighted by Gasteiger charge is 2.34. The molecule has 1 N–H and O–H groups in total. The van der Waals surface area contributed by atoms with Crippen molar-refractivity contribution in [2.45, 2.75) is 62.6 Å². The zero-order valence-corrected chi connectivity index (χ0v) is 24.1. The summed E-state index contributed by atoms with van der Waals surface area (Å²) in [6, 6.07) is 19.2. The molecule has 1 aliphatic carbocycles. The maximum Gasteiger partial charge on any atom is 0.264 e. The van der Waals surface area contributed by atoms with Gasteiger partial charge in [0.05, 0.1) is 17.7 Å². The van der Waals surface area contributed by atoms with Crippen molar-refractivity contribution < 1.29 is 27.1 Å². The Hall–Kier alpha value is -3.92. The van der Waals surface area contributed by atoms with Crippen LogP contribution in [0.4, 0.5) is 10.1 Å². The van der Waals surface area contributed by atoms with Crippen molar-refractivity contribution >= 4 is 27.5 Å². The summed E-state index contributed by atoms with van der Waals surface area (Å²) in [4.78, 5) is 29.0. The predicted octanol–water partition coefficient (Wildman–Crippen LogP) is 4.90. The minimum Gasteiger partial charge on any atom is -0.497 e. The molecule has 3 aromatic carbocycles. The first-order valence-electron chi connectivity index (χ1n) is 13.8. The van der Waals surface area contributed by atoms with E-state index < -0.39 is 34.3 Å². The second-order valence-corrected chi connectivity index (χ2v) is 12.0. The minimum atomic E-state index is -4.18. The third-order valence-corrected chi connectivity index (χ3v) is 9.09. The van der Waals surface area contributed by atoms with Crippen LogP contribution in [0.2, 0.25) is 0 Å². The van der Waals surface area contributed by atoms with Gasteiger partial charge in [-0.1, -0.05) is 56.2 Å². The first-order chi connectivity index (χ1) is 19.7. The van der Waals surface area contributed by atoms with Crippen LogP contribution < -0.4 is 14.4 Å². The molecule has 0 aliphatic heterocycles. The predicted molar refractivity (Wildman–Crippen MR) is 155 cm³/mol. The topological polar surface area (TPSA) is 96.0 Å². The van der Waals surface area contributed by atoms with Crippen molar-refractivity contribution in [3.05, 3.63) is 90.2 Å². The van der Waals surface area contributed by atoms with Gasteiger partial charge >= 0.3 is 0 Å². The molecule has 2 amide bonds. The van der Waals surface area contributed by atoms with Crippen molar-refractivity contribution in [3.63, 3.8) is 0 Å². The van der Waals surface area contributed by atoms with Gasteiger partial charge < -0.3 is 15.0 Å². The molecule has 1 fully saturated rings. The number of benzene rings is 3. The number of sulfonamides is 1. The van der Waals surface area contributed by atoms with Gasteiger partial charge in [-0.3, -0.25) is 13.9 Å². The summed E-state index contributed by atoms with van der Waals surface area (Å²) >= 11 is 0. The smallest absolute Gasteiger partial charge is 0.264 e. The lowest BCUT2D eigenvalue weighted by Gasteiger charge is -2.33. The average Bonchev–Trinajstić information content (AvgIpc) is 3.50. The molecular formula is C31H36FN3O5S. The molecule has 3 aromatic rings. The Kier molecular flexibility index (Phi) is 9.99. The van der Waals surface area contributed by atoms with E-state index in [-0.39, 0.29) is 29.1 Å². The van der Waals surface area contributed by atoms with Gasteiger partial charge in [-0.2, -0.15) is 0 Å². The van der Waals surface area contributed by atoms with Crippen molar-refractivity contribution in [2.24, 2.45) is 0 Å². The van der Waals surface area contributed by atoms with E-state index in [1.165, 1.54) is 36.3 Å². The number of carbonyl (C=O) groups excluding carboxylic acids is 2. The molecule has 1 atom stereocenters. The molecule has 0 bridgehead atoms. The first-order valence-corrected chi connectivity index (χ1v) is 15.2. The van der Waals surface area contributed by atoms with Gasteiger partial charge in [0.2, 0.25) is 11.8 Å². The number of nitrogens with zero attached hydrogens (tertiary/aromatic N) is 2. The maximum atomic E-state index is 14.1. The quantitative estimate of drug-likeness (QED) is 0.329. The molecule has 0 aromatic heterocycles. The average molecular weight is 582 g/mol. The standard InChI is InChI=1S/C31H36FN3O5S/c1-3-29(31(37)33-25-10-7-8-11-25)34(21-23-16-18-24(32)19-17-23)30(36)22-35(26-12-9-13-27(20-26)40-2)41(38,39)28-14-5-4-6-15-28/h4-6,9,12-20,25,29H,3,7-8,10-11,21-22H2,1-2H3,(H,33,37). The Labute approximate surface area is 241 Å². The highest BCUT2D eigenvalue weighted by molar-refractivity contribution is 7.92. The van der Waals surface area contributed by atoms with Gasteiger partial charge in [-0.05, 0) is 61.2 Å². The van der Waals surface area contributed by atoms with Crippen molar-refractivity contribution in [1.82, 2.24) is 10.2 Å². The normalized spacial score (nSPS) is 14.3. The number of methoxy groups -OCH3 is 1. The molecule has 1 unspecified atom stereocenters. The van der Waals surface area contributed by atoms with E-state index >= 15 is 0 Å². The number of rotatable bonds is 12. The molecule has 8 nitrogen and oxygen atoms in total. The van der Waals surface area contributed by atoms with E-state index in [1.54, 1.807) is 54.6 Å². The Morgan fingerprint density at radius 3 is 2.32 bits per heavy atom. The lowest BCUT2D eigenvalue weighted by molar-refractivity contribution is -0.140. The lowest BCUT2D eigenvalue weighted by Crippen LogP contribution is -2.53. The molecule has 4 rings (SSSR count). The van der Waals surface area contributed by atoms with Crippen LogP contribution in [0.5, 0.6) is 5.75 Å². The van der Waals surface area contributed by atoms with Crippen molar-refractivity contribution in [3.8, 4) is 5.75 Å². The maximum absolute atomic E-state index is 14.1. The van der Waals surface area contributed by atoms with E-state index in [0.29, 0.717) is 17.7 Å². The lowest BCUT2D eigenvalue weighted by atomic mass is 10.1. The number of anilines is 1. The molecule has 10 heteroatoms. The Bertz CT molecular complexity index is 1430. The third-order valence-electron chi connectivity index (χ3n) is 7.31. The summed E-state index contributed by atoms with van der Waals surface area (Å²) in [5.41, 5.74) is 0.859. The number of ether oxygens (including phenoxy) is 1. The van der Waals surface area contributed by atoms with E-state index in [0.717, 1.165) is 30.0 Å². The zero-order valence-electron chi connectivity index (χ0n) is 23.3. The summed E-state index contributed by atoms with van der Waals surface area (Å²) in [7, 11) is -2.71. The van der Waals surface area contributed by atoms with E-state index in [2.05, 4.69) is 5.32 Å². The van der Waals surface area contributed by atoms with Crippen LogP contribution in [0.3, 0.4) is 0 Å². The molecular weight excluding hydrogens is 545 g/mol. The van der Waals surface area contributed by atoms with Crippen LogP contribution in [-0.4, -0.2) is 50.9 Å². The van der Waals surface area contributed by atoms with Crippen LogP contribution in [0.1, 0.15) is 44.6 Å². The molecule has 0 radical (unpaired) electrons. The second-order valence-electron chi connectivity index (χ2n) is 10.1. The molecule has 0 saturated heterocycles. The van der Waals surface area contributed by atoms with Gasteiger partial charge in [0.1, 0.15) is 24.2 Å². The summed E-state index contributed by atoms with van der Waals surface area (Å²) < 4.78 is 47.8. The largest absolute Gasteiger partial charge is 0.497 e. The first kappa shape index (κ1) is 30.0. The third kappa shape index (κ3) is 7.43. The molecule has 41 heavy (non-hydrogen) atoms. The fraction of sp³-hybridized carbons (Fsp3) is 0.355. The van der Waals surface area contributed by atoms with Gasteiger partial charge in [-0.25, -0.2) is 12.8 Å². The van der Waals surface area contributed by atoms with Gasteiger partial charge in [0, 0.05) is 18.7 Å². The fourth-order valence-electron chi connectivity index (χ4n) is 5.09. The van der Waals surface area contributed by atoms with Crippen LogP contribution in [0.25, 0.3) is 0 Å². The molecule has 0 spiro atoms. The van der Waals surface area contributed by atoms with E-state index in [4.69, 9.17) is 4.74 Å². The highest BCUT2D eigenvalue weighted by atomic mass is 32.2. The monoisotopic (exact) mass is 581 g/mol. The Morgan fingerprint density at radius 2 is 1.68 bits per heavy atom. The van der Waals surface area contributed by atoms with Crippen LogP contribution in [-0.2, 0) is 26.2 Å². The number of nitrogens with one attached hydrogen (secondary N) is 1. The summed E-state index contributed by atoms with van der Waals surface area (Å²) in [5.74, 6) is -0.844. The van der Waals surface area contributed by atoms with Crippen molar-refractivity contribution in [1.29, 1.82) is 0 Å². The van der Waals surface area contributed by atoms with Crippen LogP contribution in [0, 0.1) is 5.82 Å². The summed E-state index contributed by atoms with van der Waals surface area (Å²) in [6.07, 6.45) is 4.15. The Balaban J connectivity index is 1.71. The second kappa shape index (κ2) is 13.6. The SMILES string of the molecule is CCC(C(=O)NC1CCCC1)N(Cc1ccc(F)cc1)C(=O)CN(c1cccc(OC)c1)S(=O)(=O)c1ccccc1. The van der Waals surface area contributed by atoms with Gasteiger partial charge in [-0.15, -0.1) is 0 Å². The molecule has 0 heterocycles. The zero-order chi connectivity index (χ0) is 29.4. The van der Waals surface area contributed by atoms with Crippen LogP contribution in [0.15, 0.2) is 83.8 Å². The highest BCUT2D eigenvalue weighted by Crippen LogP contribution is 2.28. The number of halogens is 1. The van der Waals surface area contributed by atoms with E-state index in [9.17, 15) is 22.4 Å². The molecule has 1 saturated carbocycles.